The van der Waals surface area contributed by atoms with Crippen molar-refractivity contribution in [2.45, 2.75) is 18.4 Å². The summed E-state index contributed by atoms with van der Waals surface area (Å²) in [6.07, 6.45) is 4.10. The first kappa shape index (κ1) is 25.1. The van der Waals surface area contributed by atoms with Crippen LogP contribution >= 0.6 is 23.2 Å². The van der Waals surface area contributed by atoms with Gasteiger partial charge in [-0.25, -0.2) is 17.3 Å². The number of sulfonamides is 1. The molecule has 0 radical (unpaired) electrons. The van der Waals surface area contributed by atoms with Crippen LogP contribution in [0.5, 0.6) is 0 Å². The van der Waals surface area contributed by atoms with Crippen LogP contribution in [0.2, 0.25) is 10.0 Å². The zero-order chi connectivity index (χ0) is 24.0. The number of likely N-dealkylation sites (N-methyl/N-ethyl adjacent to an activating group) is 1. The van der Waals surface area contributed by atoms with Crippen LogP contribution in [0.15, 0.2) is 82.1 Å². The quantitative estimate of drug-likeness (QED) is 0.285. The molecule has 0 aliphatic carbocycles. The summed E-state index contributed by atoms with van der Waals surface area (Å²) >= 11 is 12.5. The lowest BCUT2D eigenvalue weighted by Crippen LogP contribution is -2.40. The Morgan fingerprint density at radius 2 is 1.55 bits per heavy atom. The number of benzene rings is 2. The van der Waals surface area contributed by atoms with Crippen molar-refractivity contribution in [3.05, 3.63) is 77.0 Å². The number of azo groups is 1. The van der Waals surface area contributed by atoms with E-state index < -0.39 is 10.0 Å². The summed E-state index contributed by atoms with van der Waals surface area (Å²) in [5.41, 5.74) is 1.93. The molecule has 0 atom stereocenters. The van der Waals surface area contributed by atoms with Crippen LogP contribution in [0.25, 0.3) is 0 Å². The fraction of sp³-hybridized carbons (Fsp3) is 0.261. The van der Waals surface area contributed by atoms with Gasteiger partial charge >= 0.3 is 0 Å². The van der Waals surface area contributed by atoms with E-state index in [2.05, 4.69) is 39.0 Å². The molecule has 2 aromatic carbocycles. The van der Waals surface area contributed by atoms with Crippen molar-refractivity contribution in [1.29, 1.82) is 0 Å². The second-order valence-electron chi connectivity index (χ2n) is 7.43. The highest BCUT2D eigenvalue weighted by molar-refractivity contribution is 7.89. The average Bonchev–Trinajstić information content (AvgIpc) is 2.80. The van der Waals surface area contributed by atoms with Gasteiger partial charge in [-0.2, -0.15) is 5.11 Å². The second kappa shape index (κ2) is 11.1. The maximum absolute atomic E-state index is 12.3. The molecule has 3 aromatic rings. The highest BCUT2D eigenvalue weighted by Crippen LogP contribution is 2.37. The van der Waals surface area contributed by atoms with E-state index in [0.29, 0.717) is 5.69 Å². The molecule has 0 spiro atoms. The van der Waals surface area contributed by atoms with E-state index in [1.165, 1.54) is 26.2 Å². The van der Waals surface area contributed by atoms with Crippen LogP contribution in [0.1, 0.15) is 6.92 Å². The van der Waals surface area contributed by atoms with Crippen LogP contribution in [-0.2, 0) is 16.6 Å². The van der Waals surface area contributed by atoms with Crippen LogP contribution in [-0.4, -0.2) is 39.9 Å². The first-order valence-electron chi connectivity index (χ1n) is 10.3. The first-order chi connectivity index (χ1) is 15.7. The Hall–Kier alpha value is -2.52. The lowest BCUT2D eigenvalue weighted by molar-refractivity contribution is -0.694. The summed E-state index contributed by atoms with van der Waals surface area (Å²) in [6, 6.07) is 16.4. The largest absolute Gasteiger partial charge is 0.365 e. The molecule has 0 fully saturated rings. The molecule has 0 saturated carbocycles. The predicted molar refractivity (Wildman–Crippen MR) is 132 cm³/mol. The Morgan fingerprint density at radius 1 is 0.939 bits per heavy atom. The Balaban J connectivity index is 1.73. The topological polar surface area (TPSA) is 69.2 Å². The van der Waals surface area contributed by atoms with Crippen molar-refractivity contribution in [2.75, 3.05) is 32.1 Å². The smallest absolute Gasteiger partial charge is 0.242 e. The number of hydrogen-bond acceptors (Lipinski definition) is 5. The highest BCUT2D eigenvalue weighted by Gasteiger charge is 2.20. The third kappa shape index (κ3) is 6.29. The van der Waals surface area contributed by atoms with Gasteiger partial charge in [-0.3, -0.25) is 0 Å². The fourth-order valence-electron chi connectivity index (χ4n) is 3.12. The zero-order valence-electron chi connectivity index (χ0n) is 18.7. The Labute approximate surface area is 204 Å². The van der Waals surface area contributed by atoms with Gasteiger partial charge in [0, 0.05) is 38.5 Å². The first-order valence-corrected chi connectivity index (χ1v) is 12.5. The summed E-state index contributed by atoms with van der Waals surface area (Å²) in [7, 11) is -0.780. The third-order valence-electron chi connectivity index (χ3n) is 5.04. The Morgan fingerprint density at radius 3 is 2.09 bits per heavy atom. The summed E-state index contributed by atoms with van der Waals surface area (Å²) in [5, 5.41) is 8.59. The summed E-state index contributed by atoms with van der Waals surface area (Å²) in [6.45, 7) is 4.75. The van der Waals surface area contributed by atoms with Gasteiger partial charge in [-0.1, -0.05) is 29.3 Å². The van der Waals surface area contributed by atoms with Crippen molar-refractivity contribution >= 4 is 50.3 Å². The zero-order valence-corrected chi connectivity index (χ0v) is 21.0. The number of halogens is 2. The monoisotopic (exact) mass is 506 g/mol. The SMILES string of the molecule is CCN(CC[n+]1ccccc1)c1ccc(N=Nc2c(Cl)cc(S(=O)(=O)N(C)C)cc2Cl)cc1. The van der Waals surface area contributed by atoms with Crippen LogP contribution < -0.4 is 9.47 Å². The lowest BCUT2D eigenvalue weighted by atomic mass is 10.2. The molecule has 7 nitrogen and oxygen atoms in total. The van der Waals surface area contributed by atoms with Crippen molar-refractivity contribution < 1.29 is 13.0 Å². The van der Waals surface area contributed by atoms with E-state index in [4.69, 9.17) is 23.2 Å². The van der Waals surface area contributed by atoms with Crippen molar-refractivity contribution in [1.82, 2.24) is 4.31 Å². The minimum atomic E-state index is -3.66. The van der Waals surface area contributed by atoms with E-state index >= 15 is 0 Å². The molecule has 0 aliphatic heterocycles. The molecule has 0 saturated heterocycles. The van der Waals surface area contributed by atoms with Gasteiger partial charge < -0.3 is 4.90 Å². The van der Waals surface area contributed by atoms with Crippen molar-refractivity contribution in [3.8, 4) is 0 Å². The van der Waals surface area contributed by atoms with Crippen molar-refractivity contribution in [2.24, 2.45) is 10.2 Å². The maximum atomic E-state index is 12.3. The molecular weight excluding hydrogens is 481 g/mol. The molecule has 3 rings (SSSR count). The molecule has 0 aliphatic rings. The fourth-order valence-corrected chi connectivity index (χ4v) is 4.77. The number of aromatic nitrogens is 1. The van der Waals surface area contributed by atoms with Gasteiger partial charge in [0.2, 0.25) is 10.0 Å². The second-order valence-corrected chi connectivity index (χ2v) is 10.4. The number of anilines is 1. The molecule has 1 heterocycles. The van der Waals surface area contributed by atoms with Crippen LogP contribution in [0, 0.1) is 0 Å². The van der Waals surface area contributed by atoms with Crippen LogP contribution in [0.4, 0.5) is 17.1 Å². The minimum absolute atomic E-state index is 0.000809. The minimum Gasteiger partial charge on any atom is -0.365 e. The Bertz CT molecular complexity index is 1190. The molecule has 0 unspecified atom stereocenters. The molecule has 174 valence electrons. The highest BCUT2D eigenvalue weighted by atomic mass is 35.5. The number of nitrogens with zero attached hydrogens (tertiary/aromatic N) is 5. The molecule has 0 N–H and O–H groups in total. The standard InChI is InChI=1S/C23H26Cl2N5O2S/c1-4-30(15-14-29-12-6-5-7-13-29)19-10-8-18(9-11-19)26-27-23-21(24)16-20(17-22(23)25)33(31,32)28(2)3/h5-13,16-17H,4,14-15H2,1-3H3/q+1. The molecule has 0 amide bonds. The Kier molecular flexibility index (Phi) is 8.42. The molecule has 33 heavy (non-hydrogen) atoms. The van der Waals surface area contributed by atoms with E-state index in [9.17, 15) is 8.42 Å². The molecular formula is C23H26Cl2N5O2S+. The lowest BCUT2D eigenvalue weighted by Gasteiger charge is -2.21. The number of hydrogen-bond donors (Lipinski definition) is 0. The van der Waals surface area contributed by atoms with Gasteiger partial charge in [0.25, 0.3) is 0 Å². The van der Waals surface area contributed by atoms with E-state index in [-0.39, 0.29) is 20.6 Å². The summed E-state index contributed by atoms with van der Waals surface area (Å²) in [5.74, 6) is 0. The van der Waals surface area contributed by atoms with Crippen LogP contribution in [0.3, 0.4) is 0 Å². The maximum Gasteiger partial charge on any atom is 0.242 e. The molecule has 10 heteroatoms. The third-order valence-corrected chi connectivity index (χ3v) is 7.41. The summed E-state index contributed by atoms with van der Waals surface area (Å²) < 4.78 is 27.9. The summed E-state index contributed by atoms with van der Waals surface area (Å²) in [4.78, 5) is 2.28. The molecule has 1 aromatic heterocycles. The van der Waals surface area contributed by atoms with Crippen molar-refractivity contribution in [3.63, 3.8) is 0 Å². The van der Waals surface area contributed by atoms with Gasteiger partial charge in [0.05, 0.1) is 27.2 Å². The molecule has 0 bridgehead atoms. The van der Waals surface area contributed by atoms with Gasteiger partial charge in [0.1, 0.15) is 5.69 Å². The number of pyridine rings is 1. The predicted octanol–water partition coefficient (Wildman–Crippen LogP) is 5.47. The van der Waals surface area contributed by atoms with E-state index in [0.717, 1.165) is 29.6 Å². The normalized spacial score (nSPS) is 11.9. The van der Waals surface area contributed by atoms with Gasteiger partial charge in [-0.05, 0) is 43.3 Å². The number of rotatable bonds is 9. The van der Waals surface area contributed by atoms with Gasteiger partial charge in [0.15, 0.2) is 18.9 Å². The van der Waals surface area contributed by atoms with E-state index in [1.807, 2.05) is 42.5 Å². The van der Waals surface area contributed by atoms with Gasteiger partial charge in [-0.15, -0.1) is 5.11 Å². The average molecular weight is 507 g/mol. The van der Waals surface area contributed by atoms with E-state index in [1.54, 1.807) is 0 Å².